The molecule has 29 heavy (non-hydrogen) atoms. The van der Waals surface area contributed by atoms with Gasteiger partial charge in [-0.2, -0.15) is 18.2 Å². The van der Waals surface area contributed by atoms with Gasteiger partial charge in [-0.25, -0.2) is 13.6 Å². The summed E-state index contributed by atoms with van der Waals surface area (Å²) < 4.78 is 66.2. The molecule has 0 saturated heterocycles. The van der Waals surface area contributed by atoms with E-state index >= 15 is 0 Å². The van der Waals surface area contributed by atoms with Crippen LogP contribution in [-0.4, -0.2) is 35.1 Å². The summed E-state index contributed by atoms with van der Waals surface area (Å²) in [5.41, 5.74) is 1.83. The summed E-state index contributed by atoms with van der Waals surface area (Å²) in [5, 5.41) is 7.27. The zero-order valence-corrected chi connectivity index (χ0v) is 15.9. The Hall–Kier alpha value is -3.22. The van der Waals surface area contributed by atoms with Crippen LogP contribution in [0.1, 0.15) is 17.1 Å². The van der Waals surface area contributed by atoms with Crippen LogP contribution in [0.15, 0.2) is 49.2 Å². The van der Waals surface area contributed by atoms with Gasteiger partial charge in [-0.15, -0.1) is 0 Å². The molecule has 0 saturated carbocycles. The molecule has 4 rings (SSSR count). The van der Waals surface area contributed by atoms with E-state index in [9.17, 15) is 17.4 Å². The van der Waals surface area contributed by atoms with E-state index in [0.29, 0.717) is 21.9 Å². The van der Waals surface area contributed by atoms with Crippen molar-refractivity contribution in [2.24, 2.45) is 4.36 Å². The monoisotopic (exact) mass is 426 g/mol. The normalized spacial score (nSPS) is 14.2. The third kappa shape index (κ3) is 3.60. The van der Waals surface area contributed by atoms with Gasteiger partial charge in [0.25, 0.3) is 0 Å². The third-order valence-electron chi connectivity index (χ3n) is 4.00. The fourth-order valence-corrected chi connectivity index (χ4v) is 4.37. The summed E-state index contributed by atoms with van der Waals surface area (Å²) in [6, 6.07) is 3.06. The number of hydrogen-bond donors (Lipinski definition) is 0. The van der Waals surface area contributed by atoms with E-state index in [1.54, 1.807) is 13.0 Å². The van der Waals surface area contributed by atoms with Gasteiger partial charge in [-0.05, 0) is 19.1 Å². The van der Waals surface area contributed by atoms with Crippen LogP contribution in [-0.2, 0) is 22.5 Å². The van der Waals surface area contributed by atoms with E-state index in [-0.39, 0.29) is 17.9 Å². The average Bonchev–Trinajstić information content (AvgIpc) is 3.37. The maximum Gasteiger partial charge on any atom is 0.471 e. The number of nitrogens with zero attached hydrogens (tertiary/aromatic N) is 6. The molecule has 1 atom stereocenters. The van der Waals surface area contributed by atoms with Crippen LogP contribution in [0.2, 0.25) is 0 Å². The lowest BCUT2D eigenvalue weighted by molar-refractivity contribution is -0.159. The average molecular weight is 426 g/mol. The van der Waals surface area contributed by atoms with Gasteiger partial charge in [0.15, 0.2) is 0 Å². The van der Waals surface area contributed by atoms with Crippen LogP contribution in [0.4, 0.5) is 13.2 Å². The molecule has 13 heteroatoms. The lowest BCUT2D eigenvalue weighted by atomic mass is 10.3. The SMILES string of the molecule is Cc1nc2ccc(-c3noc(C(F)(F)F)n3)cn2c1S(C)(=O)=NCc1cnoc1. The Labute approximate surface area is 161 Å². The first-order valence-corrected chi connectivity index (χ1v) is 10.0. The molecule has 4 aromatic rings. The molecule has 4 heterocycles. The molecule has 0 spiro atoms. The zero-order chi connectivity index (χ0) is 20.8. The fraction of sp³-hybridized carbons (Fsp3) is 0.250. The Balaban J connectivity index is 1.80. The number of hydrogen-bond acceptors (Lipinski definition) is 8. The highest BCUT2D eigenvalue weighted by atomic mass is 32.2. The Bertz CT molecular complexity index is 1300. The minimum absolute atomic E-state index is 0.116. The summed E-state index contributed by atoms with van der Waals surface area (Å²) in [4.78, 5) is 7.73. The molecule has 1 unspecified atom stereocenters. The van der Waals surface area contributed by atoms with Crippen LogP contribution in [0.5, 0.6) is 0 Å². The first-order chi connectivity index (χ1) is 13.6. The van der Waals surface area contributed by atoms with Crippen molar-refractivity contribution in [3.05, 3.63) is 47.9 Å². The summed E-state index contributed by atoms with van der Waals surface area (Å²) in [7, 11) is -2.91. The van der Waals surface area contributed by atoms with Gasteiger partial charge < -0.3 is 9.05 Å². The van der Waals surface area contributed by atoms with Gasteiger partial charge in [-0.3, -0.25) is 4.40 Å². The van der Waals surface area contributed by atoms with E-state index < -0.39 is 21.8 Å². The van der Waals surface area contributed by atoms with Gasteiger partial charge in [-0.1, -0.05) is 10.3 Å². The maximum absolute atomic E-state index is 13.3. The van der Waals surface area contributed by atoms with Crippen molar-refractivity contribution in [2.45, 2.75) is 24.7 Å². The minimum atomic E-state index is -4.75. The molecule has 0 bridgehead atoms. The Morgan fingerprint density at radius 3 is 2.72 bits per heavy atom. The quantitative estimate of drug-likeness (QED) is 0.492. The van der Waals surface area contributed by atoms with Gasteiger partial charge in [0.1, 0.15) is 16.9 Å². The van der Waals surface area contributed by atoms with Crippen molar-refractivity contribution in [2.75, 3.05) is 6.26 Å². The largest absolute Gasteiger partial charge is 0.471 e. The lowest BCUT2D eigenvalue weighted by Gasteiger charge is -2.06. The number of pyridine rings is 1. The lowest BCUT2D eigenvalue weighted by Crippen LogP contribution is -2.05. The van der Waals surface area contributed by atoms with Crippen LogP contribution >= 0.6 is 0 Å². The molecular weight excluding hydrogens is 413 g/mol. The van der Waals surface area contributed by atoms with E-state index in [4.69, 9.17) is 4.52 Å². The Morgan fingerprint density at radius 2 is 2.07 bits per heavy atom. The molecule has 0 fully saturated rings. The molecule has 9 nitrogen and oxygen atoms in total. The Morgan fingerprint density at radius 1 is 1.28 bits per heavy atom. The molecule has 0 amide bonds. The van der Waals surface area contributed by atoms with Crippen molar-refractivity contribution in [3.63, 3.8) is 0 Å². The van der Waals surface area contributed by atoms with Crippen LogP contribution < -0.4 is 0 Å². The second kappa shape index (κ2) is 6.69. The number of alkyl halides is 3. The summed E-state index contributed by atoms with van der Waals surface area (Å²) in [5.74, 6) is -1.70. The third-order valence-corrected chi connectivity index (χ3v) is 5.83. The van der Waals surface area contributed by atoms with Crippen molar-refractivity contribution >= 4 is 15.4 Å². The number of aromatic nitrogens is 5. The first kappa shape index (κ1) is 19.1. The topological polar surface area (TPSA) is 112 Å². The maximum atomic E-state index is 13.3. The minimum Gasteiger partial charge on any atom is -0.364 e. The van der Waals surface area contributed by atoms with Crippen LogP contribution in [0, 0.1) is 6.92 Å². The van der Waals surface area contributed by atoms with Gasteiger partial charge in [0.2, 0.25) is 5.82 Å². The molecule has 4 aromatic heterocycles. The molecule has 0 N–H and O–H groups in total. The summed E-state index contributed by atoms with van der Waals surface area (Å²) in [6.07, 6.45) is 1.03. The predicted octanol–water partition coefficient (Wildman–Crippen LogP) is 3.36. The number of aryl methyl sites for hydroxylation is 1. The molecule has 0 aliphatic heterocycles. The van der Waals surface area contributed by atoms with Gasteiger partial charge >= 0.3 is 12.1 Å². The van der Waals surface area contributed by atoms with E-state index in [1.165, 1.54) is 35.4 Å². The molecule has 0 aromatic carbocycles. The molecular formula is C16H13F3N6O3S. The number of rotatable bonds is 4. The summed E-state index contributed by atoms with van der Waals surface area (Å²) in [6.45, 7) is 1.79. The zero-order valence-electron chi connectivity index (χ0n) is 15.0. The van der Waals surface area contributed by atoms with Crippen molar-refractivity contribution in [3.8, 4) is 11.4 Å². The molecule has 0 aliphatic rings. The number of fused-ring (bicyclic) bond motifs is 1. The Kier molecular flexibility index (Phi) is 4.41. The van der Waals surface area contributed by atoms with Crippen molar-refractivity contribution in [1.82, 2.24) is 24.7 Å². The van der Waals surface area contributed by atoms with Crippen molar-refractivity contribution < 1.29 is 26.4 Å². The smallest absolute Gasteiger partial charge is 0.364 e. The second-order valence-electron chi connectivity index (χ2n) is 6.19. The van der Waals surface area contributed by atoms with E-state index in [0.717, 1.165) is 0 Å². The number of halogens is 3. The molecule has 0 aliphatic carbocycles. The first-order valence-electron chi connectivity index (χ1n) is 8.11. The van der Waals surface area contributed by atoms with Gasteiger partial charge in [0.05, 0.1) is 28.2 Å². The second-order valence-corrected chi connectivity index (χ2v) is 8.44. The standard InChI is InChI=1S/C16H13F3N6O3S/c1-9-14(29(2,26)21-6-10-5-20-27-8-10)25-7-11(3-4-12(25)22-9)13-23-15(28-24-13)16(17,18)19/h3-5,7-8H,6H2,1-2H3. The van der Waals surface area contributed by atoms with E-state index in [1.807, 2.05) is 0 Å². The van der Waals surface area contributed by atoms with Crippen LogP contribution in [0.3, 0.4) is 0 Å². The summed E-state index contributed by atoms with van der Waals surface area (Å²) >= 11 is 0. The molecule has 152 valence electrons. The molecule has 0 radical (unpaired) electrons. The highest BCUT2D eigenvalue weighted by Crippen LogP contribution is 2.30. The van der Waals surface area contributed by atoms with Crippen LogP contribution in [0.25, 0.3) is 17.0 Å². The highest BCUT2D eigenvalue weighted by Gasteiger charge is 2.38. The number of imidazole rings is 1. The van der Waals surface area contributed by atoms with E-state index in [2.05, 4.69) is 29.2 Å². The van der Waals surface area contributed by atoms with Gasteiger partial charge in [0, 0.05) is 23.6 Å². The highest BCUT2D eigenvalue weighted by molar-refractivity contribution is 7.92. The van der Waals surface area contributed by atoms with Crippen molar-refractivity contribution in [1.29, 1.82) is 0 Å². The fourth-order valence-electron chi connectivity index (χ4n) is 2.75. The predicted molar refractivity (Wildman–Crippen MR) is 93.2 cm³/mol.